The van der Waals surface area contributed by atoms with E-state index in [4.69, 9.17) is 5.84 Å². The van der Waals surface area contributed by atoms with Crippen LogP contribution in [0.4, 0.5) is 0 Å². The number of hydrazine groups is 1. The number of nitrogens with zero attached hydrogens (tertiary/aromatic N) is 1. The summed E-state index contributed by atoms with van der Waals surface area (Å²) in [5.41, 5.74) is 0. The average Bonchev–Trinajstić information content (AvgIpc) is 2.26. The summed E-state index contributed by atoms with van der Waals surface area (Å²) in [7, 11) is 0. The summed E-state index contributed by atoms with van der Waals surface area (Å²) in [5, 5.41) is 2.98. The molecule has 0 bridgehead atoms. The van der Waals surface area contributed by atoms with Crippen molar-refractivity contribution in [2.24, 2.45) is 5.84 Å². The van der Waals surface area contributed by atoms with Gasteiger partial charge in [-0.1, -0.05) is 0 Å². The Morgan fingerprint density at radius 3 is 2.23 bits per heavy atom. The molecule has 2 amide bonds. The summed E-state index contributed by atoms with van der Waals surface area (Å²) >= 11 is 0. The van der Waals surface area contributed by atoms with Crippen LogP contribution in [0, 0.1) is 0 Å². The molecule has 1 fully saturated rings. The molecule has 1 aliphatic heterocycles. The van der Waals surface area contributed by atoms with E-state index in [-0.39, 0.29) is 6.04 Å². The van der Waals surface area contributed by atoms with Gasteiger partial charge in [-0.05, 0) is 13.8 Å². The number of rotatable bonds is 2. The minimum absolute atomic E-state index is 0.175. The molecule has 1 aliphatic rings. The highest BCUT2D eigenvalue weighted by Crippen LogP contribution is 2.06. The Balaban J connectivity index is 2.86. The molecule has 1 unspecified atom stereocenters. The quantitative estimate of drug-likeness (QED) is 0.173. The van der Waals surface area contributed by atoms with Gasteiger partial charge >= 0.3 is 0 Å². The molecular weight excluding hydrogens is 174 g/mol. The maximum Gasteiger partial charge on any atom is 0.296 e. The van der Waals surface area contributed by atoms with Crippen LogP contribution in [0.15, 0.2) is 0 Å². The second-order valence-electron chi connectivity index (χ2n) is 3.13. The molecule has 13 heavy (non-hydrogen) atoms. The topological polar surface area (TPSA) is 92.5 Å². The van der Waals surface area contributed by atoms with E-state index < -0.39 is 23.6 Å². The fourth-order valence-corrected chi connectivity index (χ4v) is 1.05. The van der Waals surface area contributed by atoms with Crippen molar-refractivity contribution in [3.8, 4) is 0 Å². The molecule has 0 aromatic heterocycles. The molecule has 0 aromatic carbocycles. The molecule has 3 N–H and O–H groups in total. The van der Waals surface area contributed by atoms with Crippen LogP contribution in [0.25, 0.3) is 0 Å². The zero-order valence-corrected chi connectivity index (χ0v) is 7.40. The van der Waals surface area contributed by atoms with Crippen LogP contribution < -0.4 is 11.2 Å². The molecule has 0 aliphatic carbocycles. The molecular formula is C7H11N3O3. The lowest BCUT2D eigenvalue weighted by molar-refractivity contribution is -0.137. The van der Waals surface area contributed by atoms with Crippen LogP contribution in [0.5, 0.6) is 0 Å². The minimum Gasteiger partial charge on any atom is -0.288 e. The number of hydrogen-bond donors (Lipinski definition) is 2. The summed E-state index contributed by atoms with van der Waals surface area (Å²) in [6.07, 6.45) is 0. The third kappa shape index (κ3) is 1.58. The summed E-state index contributed by atoms with van der Waals surface area (Å²) in [6, 6.07) is -1.34. The molecule has 0 saturated carbocycles. The Labute approximate surface area is 75.0 Å². The first kappa shape index (κ1) is 9.82. The van der Waals surface area contributed by atoms with Crippen LogP contribution in [-0.2, 0) is 14.4 Å². The van der Waals surface area contributed by atoms with Crippen molar-refractivity contribution in [3.05, 3.63) is 0 Å². The number of imide groups is 1. The van der Waals surface area contributed by atoms with E-state index in [0.717, 1.165) is 5.01 Å². The number of ketones is 1. The number of Topliss-reactive ketones (excluding diaryl/α,β-unsaturated/α-hetero) is 1. The van der Waals surface area contributed by atoms with Crippen LogP contribution in [0.2, 0.25) is 0 Å². The van der Waals surface area contributed by atoms with Gasteiger partial charge in [0.2, 0.25) is 5.78 Å². The Morgan fingerprint density at radius 2 is 1.92 bits per heavy atom. The van der Waals surface area contributed by atoms with Crippen LogP contribution in [0.3, 0.4) is 0 Å². The van der Waals surface area contributed by atoms with Crippen molar-refractivity contribution in [1.29, 1.82) is 0 Å². The molecule has 72 valence electrons. The monoisotopic (exact) mass is 185 g/mol. The van der Waals surface area contributed by atoms with Gasteiger partial charge in [0.15, 0.2) is 6.04 Å². The Kier molecular flexibility index (Phi) is 2.44. The lowest BCUT2D eigenvalue weighted by Crippen LogP contribution is -2.52. The van der Waals surface area contributed by atoms with Gasteiger partial charge in [-0.3, -0.25) is 25.5 Å². The summed E-state index contributed by atoms with van der Waals surface area (Å²) in [5.74, 6) is 3.14. The highest BCUT2D eigenvalue weighted by molar-refractivity contribution is 6.49. The molecule has 0 aromatic rings. The first-order valence-electron chi connectivity index (χ1n) is 3.87. The maximum atomic E-state index is 11.1. The van der Waals surface area contributed by atoms with Gasteiger partial charge in [-0.25, -0.2) is 5.01 Å². The predicted octanol–water partition coefficient (Wildman–Crippen LogP) is -1.84. The molecule has 1 heterocycles. The minimum atomic E-state index is -1.16. The number of hydrogen-bond acceptors (Lipinski definition) is 5. The van der Waals surface area contributed by atoms with E-state index in [1.54, 1.807) is 13.8 Å². The summed E-state index contributed by atoms with van der Waals surface area (Å²) < 4.78 is 0. The molecule has 0 spiro atoms. The number of nitrogens with two attached hydrogens (primary N) is 1. The fraction of sp³-hybridized carbons (Fsp3) is 0.571. The molecule has 1 atom stereocenters. The smallest absolute Gasteiger partial charge is 0.288 e. The van der Waals surface area contributed by atoms with Crippen molar-refractivity contribution in [3.63, 3.8) is 0 Å². The first-order chi connectivity index (χ1) is 5.95. The van der Waals surface area contributed by atoms with E-state index in [0.29, 0.717) is 0 Å². The van der Waals surface area contributed by atoms with Gasteiger partial charge in [-0.2, -0.15) is 0 Å². The van der Waals surface area contributed by atoms with E-state index in [2.05, 4.69) is 0 Å². The zero-order valence-electron chi connectivity index (χ0n) is 7.40. The van der Waals surface area contributed by atoms with Crippen molar-refractivity contribution >= 4 is 17.6 Å². The second-order valence-corrected chi connectivity index (χ2v) is 3.13. The summed E-state index contributed by atoms with van der Waals surface area (Å²) in [6.45, 7) is 3.45. The van der Waals surface area contributed by atoms with Crippen molar-refractivity contribution in [2.75, 3.05) is 0 Å². The average molecular weight is 185 g/mol. The normalized spacial score (nSPS) is 23.2. The highest BCUT2D eigenvalue weighted by Gasteiger charge is 2.43. The van der Waals surface area contributed by atoms with Crippen molar-refractivity contribution in [2.45, 2.75) is 25.9 Å². The second kappa shape index (κ2) is 3.23. The third-order valence-corrected chi connectivity index (χ3v) is 1.85. The van der Waals surface area contributed by atoms with E-state index in [1.807, 2.05) is 5.32 Å². The number of carbonyl (C=O) groups is 3. The molecule has 6 nitrogen and oxygen atoms in total. The van der Waals surface area contributed by atoms with Gasteiger partial charge < -0.3 is 0 Å². The number of carbonyl (C=O) groups excluding carboxylic acids is 3. The fourth-order valence-electron chi connectivity index (χ4n) is 1.05. The van der Waals surface area contributed by atoms with Crippen LogP contribution in [-0.4, -0.2) is 34.7 Å². The lowest BCUT2D eigenvalue weighted by Gasteiger charge is -2.23. The van der Waals surface area contributed by atoms with Gasteiger partial charge in [-0.15, -0.1) is 0 Å². The number of amides is 2. The standard InChI is InChI=1S/C7H11N3O3/c1-3(2)10(8)4-5(11)7(13)9-6(4)12/h3-4H,8H2,1-2H3,(H,9,12,13). The Bertz CT molecular complexity index is 274. The van der Waals surface area contributed by atoms with Gasteiger partial charge in [0.25, 0.3) is 11.8 Å². The molecule has 1 saturated heterocycles. The van der Waals surface area contributed by atoms with E-state index in [1.165, 1.54) is 0 Å². The maximum absolute atomic E-state index is 11.1. The van der Waals surface area contributed by atoms with Gasteiger partial charge in [0.05, 0.1) is 0 Å². The van der Waals surface area contributed by atoms with E-state index in [9.17, 15) is 14.4 Å². The van der Waals surface area contributed by atoms with Crippen molar-refractivity contribution in [1.82, 2.24) is 10.3 Å². The molecule has 0 radical (unpaired) electrons. The molecule has 1 rings (SSSR count). The SMILES string of the molecule is CC(C)N(N)C1C(=O)NC(=O)C1=O. The van der Waals surface area contributed by atoms with E-state index >= 15 is 0 Å². The zero-order chi connectivity index (χ0) is 10.2. The first-order valence-corrected chi connectivity index (χ1v) is 3.87. The Hall–Kier alpha value is -1.27. The lowest BCUT2D eigenvalue weighted by atomic mass is 10.2. The highest BCUT2D eigenvalue weighted by atomic mass is 16.2. The largest absolute Gasteiger partial charge is 0.296 e. The summed E-state index contributed by atoms with van der Waals surface area (Å²) in [4.78, 5) is 32.9. The van der Waals surface area contributed by atoms with Crippen LogP contribution >= 0.6 is 0 Å². The number of nitrogens with one attached hydrogen (secondary N) is 1. The van der Waals surface area contributed by atoms with Gasteiger partial charge in [0.1, 0.15) is 0 Å². The van der Waals surface area contributed by atoms with Crippen molar-refractivity contribution < 1.29 is 14.4 Å². The molecule has 6 heteroatoms. The Morgan fingerprint density at radius 1 is 1.38 bits per heavy atom. The van der Waals surface area contributed by atoms with Gasteiger partial charge in [0, 0.05) is 6.04 Å². The van der Waals surface area contributed by atoms with Crippen LogP contribution in [0.1, 0.15) is 13.8 Å². The third-order valence-electron chi connectivity index (χ3n) is 1.85. The predicted molar refractivity (Wildman–Crippen MR) is 43.1 cm³/mol.